The Hall–Kier alpha value is -1.09. The largest absolute Gasteiger partial charge is 0.491 e. The standard InChI is InChI=1S/C14H20ClNO2/c1-4-14(15,5-2)13(16-17)10-18-12-8-6-11(3)7-9-12/h6-9,13H,4-5,10H2,1-3H3. The van der Waals surface area contributed by atoms with Gasteiger partial charge in [0.25, 0.3) is 0 Å². The van der Waals surface area contributed by atoms with Crippen molar-refractivity contribution in [2.75, 3.05) is 6.61 Å². The molecular formula is C14H20ClNO2. The minimum Gasteiger partial charge on any atom is -0.491 e. The number of ether oxygens (including phenoxy) is 1. The molecule has 1 rings (SSSR count). The van der Waals surface area contributed by atoms with Crippen LogP contribution in [0.25, 0.3) is 0 Å². The molecule has 1 aromatic carbocycles. The second-order valence-corrected chi connectivity index (χ2v) is 5.24. The lowest BCUT2D eigenvalue weighted by Gasteiger charge is -2.28. The molecule has 0 aliphatic rings. The van der Waals surface area contributed by atoms with Crippen molar-refractivity contribution in [2.24, 2.45) is 5.18 Å². The lowest BCUT2D eigenvalue weighted by atomic mass is 9.94. The molecule has 0 heterocycles. The second-order valence-electron chi connectivity index (χ2n) is 4.49. The predicted molar refractivity (Wildman–Crippen MR) is 75.4 cm³/mol. The van der Waals surface area contributed by atoms with E-state index < -0.39 is 10.9 Å². The van der Waals surface area contributed by atoms with E-state index in [-0.39, 0.29) is 6.61 Å². The zero-order valence-electron chi connectivity index (χ0n) is 11.1. The highest BCUT2D eigenvalue weighted by Crippen LogP contribution is 2.30. The van der Waals surface area contributed by atoms with Gasteiger partial charge >= 0.3 is 0 Å². The summed E-state index contributed by atoms with van der Waals surface area (Å²) in [6, 6.07) is 7.16. The van der Waals surface area contributed by atoms with Gasteiger partial charge in [0, 0.05) is 0 Å². The summed E-state index contributed by atoms with van der Waals surface area (Å²) in [5.74, 6) is 0.737. The summed E-state index contributed by atoms with van der Waals surface area (Å²) in [5.41, 5.74) is 1.17. The van der Waals surface area contributed by atoms with Crippen molar-refractivity contribution in [3.63, 3.8) is 0 Å². The van der Waals surface area contributed by atoms with Gasteiger partial charge in [0.2, 0.25) is 0 Å². The summed E-state index contributed by atoms with van der Waals surface area (Å²) in [5, 5.41) is 3.13. The van der Waals surface area contributed by atoms with Gasteiger partial charge < -0.3 is 4.74 Å². The van der Waals surface area contributed by atoms with Crippen molar-refractivity contribution in [2.45, 2.75) is 44.5 Å². The average Bonchev–Trinajstić information content (AvgIpc) is 2.41. The van der Waals surface area contributed by atoms with Gasteiger partial charge in [-0.15, -0.1) is 11.6 Å². The monoisotopic (exact) mass is 269 g/mol. The van der Waals surface area contributed by atoms with Crippen LogP contribution in [0, 0.1) is 11.8 Å². The second kappa shape index (κ2) is 6.74. The van der Waals surface area contributed by atoms with Gasteiger partial charge in [-0.2, -0.15) is 4.91 Å². The zero-order chi connectivity index (χ0) is 13.6. The first-order chi connectivity index (χ1) is 8.55. The summed E-state index contributed by atoms with van der Waals surface area (Å²) in [7, 11) is 0. The maximum absolute atomic E-state index is 10.9. The summed E-state index contributed by atoms with van der Waals surface area (Å²) in [6.07, 6.45) is 1.39. The van der Waals surface area contributed by atoms with Crippen molar-refractivity contribution in [3.8, 4) is 5.75 Å². The van der Waals surface area contributed by atoms with Crippen LogP contribution in [0.2, 0.25) is 0 Å². The fraction of sp³-hybridized carbons (Fsp3) is 0.571. The maximum Gasteiger partial charge on any atom is 0.145 e. The molecule has 1 aromatic rings. The molecule has 0 aliphatic heterocycles. The molecule has 0 saturated heterocycles. The van der Waals surface area contributed by atoms with Crippen molar-refractivity contribution in [3.05, 3.63) is 34.7 Å². The molecule has 0 radical (unpaired) electrons. The van der Waals surface area contributed by atoms with Crippen LogP contribution in [-0.4, -0.2) is 17.5 Å². The Kier molecular flexibility index (Phi) is 5.60. The minimum absolute atomic E-state index is 0.220. The number of nitrogens with zero attached hydrogens (tertiary/aromatic N) is 1. The molecule has 1 atom stereocenters. The molecule has 0 saturated carbocycles. The number of hydrogen-bond donors (Lipinski definition) is 0. The van der Waals surface area contributed by atoms with Crippen molar-refractivity contribution < 1.29 is 4.74 Å². The third kappa shape index (κ3) is 3.70. The van der Waals surface area contributed by atoms with Crippen LogP contribution >= 0.6 is 11.6 Å². The van der Waals surface area contributed by atoms with Crippen molar-refractivity contribution in [1.29, 1.82) is 0 Å². The molecular weight excluding hydrogens is 250 g/mol. The third-order valence-corrected chi connectivity index (χ3v) is 4.12. The van der Waals surface area contributed by atoms with Crippen LogP contribution in [-0.2, 0) is 0 Å². The third-order valence-electron chi connectivity index (χ3n) is 3.33. The van der Waals surface area contributed by atoms with Gasteiger partial charge in [0.15, 0.2) is 0 Å². The molecule has 1 unspecified atom stereocenters. The van der Waals surface area contributed by atoms with Crippen LogP contribution in [0.15, 0.2) is 29.4 Å². The fourth-order valence-corrected chi connectivity index (χ4v) is 1.91. The first-order valence-electron chi connectivity index (χ1n) is 6.26. The molecule has 0 aromatic heterocycles. The molecule has 0 fully saturated rings. The summed E-state index contributed by atoms with van der Waals surface area (Å²) >= 11 is 6.39. The zero-order valence-corrected chi connectivity index (χ0v) is 11.9. The Morgan fingerprint density at radius 1 is 1.28 bits per heavy atom. The topological polar surface area (TPSA) is 38.7 Å². The lowest BCUT2D eigenvalue weighted by Crippen LogP contribution is -2.38. The van der Waals surface area contributed by atoms with E-state index in [9.17, 15) is 4.91 Å². The van der Waals surface area contributed by atoms with Gasteiger partial charge in [-0.05, 0) is 31.9 Å². The van der Waals surface area contributed by atoms with E-state index >= 15 is 0 Å². The first kappa shape index (κ1) is 15.0. The molecule has 0 spiro atoms. The van der Waals surface area contributed by atoms with E-state index in [1.54, 1.807) is 0 Å². The minimum atomic E-state index is -0.605. The van der Waals surface area contributed by atoms with Crippen molar-refractivity contribution in [1.82, 2.24) is 0 Å². The Bertz CT molecular complexity index is 374. The van der Waals surface area contributed by atoms with E-state index in [2.05, 4.69) is 5.18 Å². The van der Waals surface area contributed by atoms with Gasteiger partial charge in [-0.25, -0.2) is 0 Å². The molecule has 100 valence electrons. The number of aryl methyl sites for hydroxylation is 1. The number of benzene rings is 1. The van der Waals surface area contributed by atoms with Crippen LogP contribution in [0.3, 0.4) is 0 Å². The highest BCUT2D eigenvalue weighted by atomic mass is 35.5. The van der Waals surface area contributed by atoms with Crippen LogP contribution in [0.1, 0.15) is 32.3 Å². The van der Waals surface area contributed by atoms with E-state index in [4.69, 9.17) is 16.3 Å². The van der Waals surface area contributed by atoms with Crippen LogP contribution in [0.4, 0.5) is 0 Å². The van der Waals surface area contributed by atoms with Crippen molar-refractivity contribution >= 4 is 11.6 Å². The normalized spacial score (nSPS) is 13.1. The summed E-state index contributed by atoms with van der Waals surface area (Å²) in [6.45, 7) is 6.15. The van der Waals surface area contributed by atoms with Gasteiger partial charge in [-0.3, -0.25) is 0 Å². The molecule has 0 amide bonds. The number of rotatable bonds is 7. The SMILES string of the molecule is CCC(Cl)(CC)C(COc1ccc(C)cc1)N=O. The summed E-state index contributed by atoms with van der Waals surface area (Å²) < 4.78 is 5.59. The van der Waals surface area contributed by atoms with E-state index in [1.165, 1.54) is 5.56 Å². The van der Waals surface area contributed by atoms with Crippen LogP contribution in [0.5, 0.6) is 5.75 Å². The summed E-state index contributed by atoms with van der Waals surface area (Å²) in [4.78, 5) is 10.3. The number of nitroso groups, excluding NO2 is 1. The number of halogens is 1. The molecule has 4 heteroatoms. The van der Waals surface area contributed by atoms with Gasteiger partial charge in [0.05, 0.1) is 4.87 Å². The smallest absolute Gasteiger partial charge is 0.145 e. The number of hydrogen-bond acceptors (Lipinski definition) is 3. The molecule has 0 N–H and O–H groups in total. The first-order valence-corrected chi connectivity index (χ1v) is 6.64. The van der Waals surface area contributed by atoms with Crippen LogP contribution < -0.4 is 4.74 Å². The van der Waals surface area contributed by atoms with Gasteiger partial charge in [-0.1, -0.05) is 36.7 Å². The van der Waals surface area contributed by atoms with E-state index in [0.717, 1.165) is 5.75 Å². The predicted octanol–water partition coefficient (Wildman–Crippen LogP) is 4.31. The lowest BCUT2D eigenvalue weighted by molar-refractivity contribution is 0.251. The Morgan fingerprint density at radius 2 is 1.83 bits per heavy atom. The number of alkyl halides is 1. The molecule has 0 bridgehead atoms. The Morgan fingerprint density at radius 3 is 2.28 bits per heavy atom. The maximum atomic E-state index is 10.9. The van der Waals surface area contributed by atoms with E-state index in [0.29, 0.717) is 12.8 Å². The fourth-order valence-electron chi connectivity index (χ4n) is 1.81. The van der Waals surface area contributed by atoms with E-state index in [1.807, 2.05) is 45.0 Å². The molecule has 0 aliphatic carbocycles. The quantitative estimate of drug-likeness (QED) is 0.547. The highest BCUT2D eigenvalue weighted by Gasteiger charge is 2.35. The Labute approximate surface area is 113 Å². The Balaban J connectivity index is 2.64. The van der Waals surface area contributed by atoms with Gasteiger partial charge in [0.1, 0.15) is 18.4 Å². The highest BCUT2D eigenvalue weighted by molar-refractivity contribution is 6.24. The average molecular weight is 270 g/mol. The molecule has 18 heavy (non-hydrogen) atoms. The molecule has 3 nitrogen and oxygen atoms in total.